The molecule has 1 aliphatic heterocycles. The van der Waals surface area contributed by atoms with Crippen molar-refractivity contribution in [1.82, 2.24) is 10.2 Å². The summed E-state index contributed by atoms with van der Waals surface area (Å²) in [5, 5.41) is 14.4. The Labute approximate surface area is 194 Å². The number of nitriles is 1. The minimum atomic E-state index is -0.253. The molecule has 0 atom stereocenters. The van der Waals surface area contributed by atoms with Crippen LogP contribution in [0.1, 0.15) is 34.3 Å². The monoisotopic (exact) mass is 443 g/mol. The number of fused-ring (bicyclic) bond motifs is 1. The Morgan fingerprint density at radius 3 is 2.21 bits per heavy atom. The Balaban J connectivity index is 1.74. The summed E-state index contributed by atoms with van der Waals surface area (Å²) in [4.78, 5) is 16.0. The summed E-state index contributed by atoms with van der Waals surface area (Å²) >= 11 is 0. The van der Waals surface area contributed by atoms with Gasteiger partial charge in [0.05, 0.1) is 19.8 Å². The first-order valence-electron chi connectivity index (χ1n) is 11.1. The van der Waals surface area contributed by atoms with Gasteiger partial charge in [-0.05, 0) is 38.5 Å². The molecule has 6 heteroatoms. The van der Waals surface area contributed by atoms with E-state index in [4.69, 9.17) is 9.47 Å². The first kappa shape index (κ1) is 22.6. The average molecular weight is 444 g/mol. The quantitative estimate of drug-likeness (QED) is 0.620. The van der Waals surface area contributed by atoms with Gasteiger partial charge in [0.1, 0.15) is 17.4 Å². The van der Waals surface area contributed by atoms with E-state index in [1.54, 1.807) is 0 Å². The summed E-state index contributed by atoms with van der Waals surface area (Å²) in [7, 11) is 5.13. The fraction of sp³-hybridized carbons (Fsp3) is 0.333. The van der Waals surface area contributed by atoms with Gasteiger partial charge in [-0.25, -0.2) is 0 Å². The highest BCUT2D eigenvalue weighted by Crippen LogP contribution is 2.41. The van der Waals surface area contributed by atoms with Crippen LogP contribution in [0.15, 0.2) is 54.6 Å². The minimum Gasteiger partial charge on any atom is -0.495 e. The van der Waals surface area contributed by atoms with Gasteiger partial charge in [0.2, 0.25) is 0 Å². The number of amides is 1. The van der Waals surface area contributed by atoms with Crippen molar-refractivity contribution in [3.8, 4) is 17.6 Å². The number of carbonyl (C=O) groups excluding carboxylic acids is 1. The third-order valence-corrected chi connectivity index (χ3v) is 6.79. The van der Waals surface area contributed by atoms with Gasteiger partial charge < -0.3 is 19.7 Å². The van der Waals surface area contributed by atoms with Crippen LogP contribution in [-0.4, -0.2) is 51.7 Å². The van der Waals surface area contributed by atoms with E-state index in [-0.39, 0.29) is 22.6 Å². The zero-order chi connectivity index (χ0) is 23.4. The fourth-order valence-corrected chi connectivity index (χ4v) is 4.87. The normalized spacial score (nSPS) is 15.6. The van der Waals surface area contributed by atoms with E-state index in [2.05, 4.69) is 47.6 Å². The second kappa shape index (κ2) is 9.51. The van der Waals surface area contributed by atoms with Crippen LogP contribution in [0.3, 0.4) is 0 Å². The topological polar surface area (TPSA) is 74.6 Å². The lowest BCUT2D eigenvalue weighted by atomic mass is 9.72. The maximum absolute atomic E-state index is 13.6. The van der Waals surface area contributed by atoms with Gasteiger partial charge in [0.25, 0.3) is 5.91 Å². The van der Waals surface area contributed by atoms with Gasteiger partial charge in [-0.2, -0.15) is 5.26 Å². The lowest BCUT2D eigenvalue weighted by Gasteiger charge is -2.41. The van der Waals surface area contributed by atoms with Gasteiger partial charge in [-0.15, -0.1) is 0 Å². The number of ether oxygens (including phenoxy) is 2. The number of nitrogens with one attached hydrogen (secondary N) is 1. The van der Waals surface area contributed by atoms with E-state index in [1.165, 1.54) is 19.8 Å². The van der Waals surface area contributed by atoms with E-state index in [0.29, 0.717) is 28.6 Å². The van der Waals surface area contributed by atoms with Crippen LogP contribution >= 0.6 is 0 Å². The van der Waals surface area contributed by atoms with Crippen LogP contribution in [0.5, 0.6) is 11.5 Å². The van der Waals surface area contributed by atoms with Gasteiger partial charge in [0, 0.05) is 22.7 Å². The molecule has 1 aliphatic rings. The Morgan fingerprint density at radius 1 is 1.00 bits per heavy atom. The molecule has 33 heavy (non-hydrogen) atoms. The molecule has 1 fully saturated rings. The molecule has 0 bridgehead atoms. The van der Waals surface area contributed by atoms with Crippen molar-refractivity contribution in [2.75, 3.05) is 40.9 Å². The molecule has 0 unspecified atom stereocenters. The Morgan fingerprint density at radius 2 is 1.61 bits per heavy atom. The molecular formula is C27H29N3O3. The minimum absolute atomic E-state index is 0.142. The lowest BCUT2D eigenvalue weighted by molar-refractivity contribution is 0.0926. The molecule has 0 saturated carbocycles. The zero-order valence-corrected chi connectivity index (χ0v) is 19.4. The molecule has 0 spiro atoms. The number of carbonyl (C=O) groups is 1. The standard InChI is InChI=1S/C27H29N3O3/c1-30-15-13-27(14-16-30,19-9-5-4-6-10-19)18-29-26(31)23-20-11-7-8-12-21(20)24(32-2)22(17-28)25(23)33-3/h4-12H,13-16,18H2,1-3H3,(H,29,31). The lowest BCUT2D eigenvalue weighted by Crippen LogP contribution is -2.48. The van der Waals surface area contributed by atoms with Gasteiger partial charge in [0.15, 0.2) is 5.75 Å². The van der Waals surface area contributed by atoms with Gasteiger partial charge >= 0.3 is 0 Å². The van der Waals surface area contributed by atoms with Crippen LogP contribution < -0.4 is 14.8 Å². The molecular weight excluding hydrogens is 414 g/mol. The summed E-state index contributed by atoms with van der Waals surface area (Å²) in [5.74, 6) is 0.400. The molecule has 1 N–H and O–H groups in total. The van der Waals surface area contributed by atoms with E-state index in [1.807, 2.05) is 30.3 Å². The van der Waals surface area contributed by atoms with Crippen molar-refractivity contribution < 1.29 is 14.3 Å². The molecule has 1 saturated heterocycles. The number of hydrogen-bond acceptors (Lipinski definition) is 5. The summed E-state index contributed by atoms with van der Waals surface area (Å²) in [6.45, 7) is 2.45. The van der Waals surface area contributed by atoms with Crippen molar-refractivity contribution in [1.29, 1.82) is 5.26 Å². The molecule has 3 aromatic carbocycles. The number of piperidine rings is 1. The SMILES string of the molecule is COc1c(C#N)c(OC)c2ccccc2c1C(=O)NCC1(c2ccccc2)CCN(C)CC1. The third-order valence-electron chi connectivity index (χ3n) is 6.79. The maximum Gasteiger partial charge on any atom is 0.255 e. The van der Waals surface area contributed by atoms with Gasteiger partial charge in [-0.3, -0.25) is 4.79 Å². The predicted octanol–water partition coefficient (Wildman–Crippen LogP) is 4.12. The van der Waals surface area contributed by atoms with Crippen LogP contribution in [0, 0.1) is 11.3 Å². The maximum atomic E-state index is 13.6. The van der Waals surface area contributed by atoms with Crippen LogP contribution in [0.2, 0.25) is 0 Å². The van der Waals surface area contributed by atoms with Crippen molar-refractivity contribution in [3.05, 3.63) is 71.3 Å². The Hall–Kier alpha value is -3.56. The molecule has 0 aromatic heterocycles. The van der Waals surface area contributed by atoms with Crippen molar-refractivity contribution in [3.63, 3.8) is 0 Å². The summed E-state index contributed by atoms with van der Waals surface area (Å²) in [6, 6.07) is 20.0. The zero-order valence-electron chi connectivity index (χ0n) is 19.4. The molecule has 1 amide bonds. The Kier molecular flexibility index (Phi) is 6.52. The van der Waals surface area contributed by atoms with Crippen molar-refractivity contribution in [2.24, 2.45) is 0 Å². The van der Waals surface area contributed by atoms with E-state index >= 15 is 0 Å². The van der Waals surface area contributed by atoms with Crippen LogP contribution in [-0.2, 0) is 5.41 Å². The molecule has 0 aliphatic carbocycles. The average Bonchev–Trinajstić information content (AvgIpc) is 2.87. The molecule has 1 heterocycles. The predicted molar refractivity (Wildman–Crippen MR) is 129 cm³/mol. The first-order chi connectivity index (χ1) is 16.0. The highest BCUT2D eigenvalue weighted by Gasteiger charge is 2.36. The number of likely N-dealkylation sites (tertiary alicyclic amines) is 1. The number of methoxy groups -OCH3 is 2. The van der Waals surface area contributed by atoms with Gasteiger partial charge in [-0.1, -0.05) is 54.6 Å². The highest BCUT2D eigenvalue weighted by molar-refractivity contribution is 6.12. The molecule has 4 rings (SSSR count). The fourth-order valence-electron chi connectivity index (χ4n) is 4.87. The number of rotatable bonds is 6. The summed E-state index contributed by atoms with van der Waals surface area (Å²) in [6.07, 6.45) is 1.91. The summed E-state index contributed by atoms with van der Waals surface area (Å²) in [5.41, 5.74) is 1.68. The van der Waals surface area contributed by atoms with E-state index < -0.39 is 0 Å². The molecule has 170 valence electrons. The smallest absolute Gasteiger partial charge is 0.255 e. The third kappa shape index (κ3) is 4.12. The van der Waals surface area contributed by atoms with Crippen molar-refractivity contribution in [2.45, 2.75) is 18.3 Å². The highest BCUT2D eigenvalue weighted by atomic mass is 16.5. The number of hydrogen-bond donors (Lipinski definition) is 1. The molecule has 6 nitrogen and oxygen atoms in total. The molecule has 3 aromatic rings. The van der Waals surface area contributed by atoms with Crippen molar-refractivity contribution >= 4 is 16.7 Å². The number of benzene rings is 3. The number of nitrogens with zero attached hydrogens (tertiary/aromatic N) is 2. The Bertz CT molecular complexity index is 1190. The second-order valence-electron chi connectivity index (χ2n) is 8.61. The summed E-state index contributed by atoms with van der Waals surface area (Å²) < 4.78 is 11.1. The van der Waals surface area contributed by atoms with Crippen LogP contribution in [0.25, 0.3) is 10.8 Å². The second-order valence-corrected chi connectivity index (χ2v) is 8.61. The van der Waals surface area contributed by atoms with E-state index in [9.17, 15) is 10.1 Å². The van der Waals surface area contributed by atoms with Crippen LogP contribution in [0.4, 0.5) is 0 Å². The largest absolute Gasteiger partial charge is 0.495 e. The first-order valence-corrected chi connectivity index (χ1v) is 11.1. The molecule has 0 radical (unpaired) electrons. The van der Waals surface area contributed by atoms with E-state index in [0.717, 1.165) is 25.9 Å².